The van der Waals surface area contributed by atoms with Crippen molar-refractivity contribution >= 4 is 48.9 Å². The van der Waals surface area contributed by atoms with Crippen LogP contribution in [0.4, 0.5) is 0 Å². The molecule has 0 aromatic heterocycles. The molecule has 0 radical (unpaired) electrons. The van der Waals surface area contributed by atoms with Gasteiger partial charge in [-0.2, -0.15) is 0 Å². The van der Waals surface area contributed by atoms with Crippen LogP contribution in [0.2, 0.25) is 24.2 Å². The maximum Gasteiger partial charge on any atom is 0.325 e. The normalized spacial score (nSPS) is 15.3. The van der Waals surface area contributed by atoms with E-state index in [0.29, 0.717) is 0 Å². The minimum Gasteiger partial charge on any atom is -0.468 e. The molecule has 2 aromatic rings. The van der Waals surface area contributed by atoms with E-state index in [1.807, 2.05) is 18.2 Å². The van der Waals surface area contributed by atoms with E-state index in [9.17, 15) is 4.79 Å². The van der Waals surface area contributed by atoms with Crippen LogP contribution in [0.3, 0.4) is 0 Å². The number of hydrogen-bond acceptors (Lipinski definition) is 4. The van der Waals surface area contributed by atoms with Crippen molar-refractivity contribution in [2.45, 2.75) is 62.3 Å². The highest BCUT2D eigenvalue weighted by molar-refractivity contribution is 9.10. The number of rotatable bonds is 11. The van der Waals surface area contributed by atoms with Crippen LogP contribution in [0.1, 0.15) is 27.7 Å². The fourth-order valence-corrected chi connectivity index (χ4v) is 11.4. The summed E-state index contributed by atoms with van der Waals surface area (Å²) in [4.78, 5) is 12.8. The van der Waals surface area contributed by atoms with E-state index in [1.54, 1.807) is 6.92 Å². The number of esters is 1. The second-order valence-electron chi connectivity index (χ2n) is 10.4. The van der Waals surface area contributed by atoms with Gasteiger partial charge in [0, 0.05) is 0 Å². The third kappa shape index (κ3) is 6.37. The van der Waals surface area contributed by atoms with E-state index in [1.165, 1.54) is 17.5 Å². The minimum absolute atomic E-state index is 0.178. The van der Waals surface area contributed by atoms with Crippen LogP contribution in [0.15, 0.2) is 73.3 Å². The zero-order chi connectivity index (χ0) is 25.6. The van der Waals surface area contributed by atoms with Crippen LogP contribution >= 0.6 is 15.9 Å². The van der Waals surface area contributed by atoms with Crippen molar-refractivity contribution in [2.75, 3.05) is 13.7 Å². The summed E-state index contributed by atoms with van der Waals surface area (Å²) < 4.78 is 17.8. The van der Waals surface area contributed by atoms with Crippen molar-refractivity contribution in [1.82, 2.24) is 0 Å². The predicted molar refractivity (Wildman–Crippen MR) is 150 cm³/mol. The Morgan fingerprint density at radius 1 is 1.00 bits per heavy atom. The Balaban J connectivity index is 2.61. The Bertz CT molecular complexity index is 901. The number of ether oxygens (including phenoxy) is 1. The summed E-state index contributed by atoms with van der Waals surface area (Å²) >= 11 is 3.64. The van der Waals surface area contributed by atoms with Crippen LogP contribution in [-0.2, 0) is 18.4 Å². The number of allylic oxidation sites excluding steroid dienone is 1. The summed E-state index contributed by atoms with van der Waals surface area (Å²) in [6, 6.07) is 21.7. The first kappa shape index (κ1) is 28.7. The number of benzene rings is 2. The molecule has 0 N–H and O–H groups in total. The van der Waals surface area contributed by atoms with Crippen LogP contribution in [0, 0.1) is 0 Å². The number of carbonyl (C=O) groups excluding carboxylic acids is 1. The Morgan fingerprint density at radius 3 is 1.85 bits per heavy atom. The lowest BCUT2D eigenvalue weighted by Gasteiger charge is -2.45. The third-order valence-electron chi connectivity index (χ3n) is 6.15. The molecule has 0 saturated carbocycles. The van der Waals surface area contributed by atoms with E-state index in [0.717, 1.165) is 6.04 Å². The standard InChI is InChI=1S/C27H39BrO4Si2/c1-9-20-33(7,8)32-24(27(5,28)25(29)30-6)21-31-34(26(2,3)4,22-16-12-10-13-17-22)23-18-14-11-15-19-23/h9-19,24H,1,20-21H2,2-8H3/t24-,27?/m0/s1. The molecule has 0 aliphatic carbocycles. The molecule has 186 valence electrons. The highest BCUT2D eigenvalue weighted by Crippen LogP contribution is 2.38. The smallest absolute Gasteiger partial charge is 0.325 e. The predicted octanol–water partition coefficient (Wildman–Crippen LogP) is 5.67. The van der Waals surface area contributed by atoms with Gasteiger partial charge in [0.15, 0.2) is 8.32 Å². The van der Waals surface area contributed by atoms with Crippen molar-refractivity contribution in [3.63, 3.8) is 0 Å². The average molecular weight is 564 g/mol. The quantitative estimate of drug-likeness (QED) is 0.153. The van der Waals surface area contributed by atoms with Gasteiger partial charge in [0.2, 0.25) is 0 Å². The average Bonchev–Trinajstić information content (AvgIpc) is 2.78. The molecule has 0 spiro atoms. The first-order valence-electron chi connectivity index (χ1n) is 11.6. The molecule has 2 atom stereocenters. The molecule has 0 fully saturated rings. The first-order valence-corrected chi connectivity index (χ1v) is 17.4. The molecule has 2 aromatic carbocycles. The Hall–Kier alpha value is -1.52. The van der Waals surface area contributed by atoms with Crippen molar-refractivity contribution < 1.29 is 18.4 Å². The summed E-state index contributed by atoms with van der Waals surface area (Å²) in [6.07, 6.45) is 1.35. The molecule has 2 rings (SSSR count). The largest absolute Gasteiger partial charge is 0.468 e. The Morgan fingerprint density at radius 2 is 1.47 bits per heavy atom. The molecule has 0 aliphatic rings. The second kappa shape index (κ2) is 11.5. The number of carbonyl (C=O) groups is 1. The van der Waals surface area contributed by atoms with E-state index in [4.69, 9.17) is 13.6 Å². The molecule has 0 heterocycles. The Labute approximate surface area is 216 Å². The van der Waals surface area contributed by atoms with Crippen molar-refractivity contribution in [2.24, 2.45) is 0 Å². The SMILES string of the molecule is C=CC[Si](C)(C)O[C@@H](CO[Si](c1ccccc1)(c1ccccc1)C(C)(C)C)C(C)(Br)C(=O)OC. The lowest BCUT2D eigenvalue weighted by Crippen LogP contribution is -2.68. The molecular formula is C27H39BrO4Si2. The van der Waals surface area contributed by atoms with Gasteiger partial charge < -0.3 is 13.6 Å². The second-order valence-corrected chi connectivity index (χ2v) is 20.5. The van der Waals surface area contributed by atoms with Crippen molar-refractivity contribution in [3.8, 4) is 0 Å². The summed E-state index contributed by atoms with van der Waals surface area (Å²) in [5.41, 5.74) is 0. The first-order chi connectivity index (χ1) is 15.8. The third-order valence-corrected chi connectivity index (χ3v) is 14.2. The molecule has 0 bridgehead atoms. The fourth-order valence-electron chi connectivity index (χ4n) is 4.38. The maximum absolute atomic E-state index is 12.8. The summed E-state index contributed by atoms with van der Waals surface area (Å²) in [5, 5.41) is 2.19. The molecular weight excluding hydrogens is 524 g/mol. The van der Waals surface area contributed by atoms with Crippen LogP contribution < -0.4 is 10.4 Å². The van der Waals surface area contributed by atoms with Gasteiger partial charge in [0.1, 0.15) is 4.32 Å². The van der Waals surface area contributed by atoms with E-state index in [-0.39, 0.29) is 17.6 Å². The summed E-state index contributed by atoms with van der Waals surface area (Å²) in [7, 11) is -3.55. The van der Waals surface area contributed by atoms with Gasteiger partial charge >= 0.3 is 5.97 Å². The van der Waals surface area contributed by atoms with E-state index < -0.39 is 27.1 Å². The molecule has 0 amide bonds. The topological polar surface area (TPSA) is 44.8 Å². The monoisotopic (exact) mass is 562 g/mol. The summed E-state index contributed by atoms with van der Waals surface area (Å²) in [5.74, 6) is -0.382. The molecule has 0 saturated heterocycles. The van der Waals surface area contributed by atoms with Crippen molar-refractivity contribution in [3.05, 3.63) is 73.3 Å². The number of halogens is 1. The fraction of sp³-hybridized carbons (Fsp3) is 0.444. The minimum atomic E-state index is -2.79. The van der Waals surface area contributed by atoms with Gasteiger partial charge in [0.25, 0.3) is 8.32 Å². The molecule has 4 nitrogen and oxygen atoms in total. The lowest BCUT2D eigenvalue weighted by atomic mass is 10.1. The van der Waals surface area contributed by atoms with Crippen LogP contribution in [0.5, 0.6) is 0 Å². The maximum atomic E-state index is 12.8. The van der Waals surface area contributed by atoms with Gasteiger partial charge in [0.05, 0.1) is 19.8 Å². The number of methoxy groups -OCH3 is 1. The summed E-state index contributed by atoms with van der Waals surface area (Å²) in [6.45, 7) is 16.9. The van der Waals surface area contributed by atoms with Crippen LogP contribution in [-0.4, -0.2) is 46.7 Å². The highest BCUT2D eigenvalue weighted by atomic mass is 79.9. The molecule has 34 heavy (non-hydrogen) atoms. The van der Waals surface area contributed by atoms with Gasteiger partial charge in [-0.3, -0.25) is 4.79 Å². The zero-order valence-corrected chi connectivity index (χ0v) is 25.1. The molecule has 7 heteroatoms. The van der Waals surface area contributed by atoms with Crippen LogP contribution in [0.25, 0.3) is 0 Å². The highest BCUT2D eigenvalue weighted by Gasteiger charge is 2.52. The van der Waals surface area contributed by atoms with Crippen molar-refractivity contribution in [1.29, 1.82) is 0 Å². The van der Waals surface area contributed by atoms with Gasteiger partial charge in [-0.05, 0) is 41.5 Å². The molecule has 0 aliphatic heterocycles. The molecule has 1 unspecified atom stereocenters. The zero-order valence-electron chi connectivity index (χ0n) is 21.6. The van der Waals surface area contributed by atoms with E-state index in [2.05, 4.69) is 105 Å². The number of alkyl halides is 1. The Kier molecular flexibility index (Phi) is 9.70. The van der Waals surface area contributed by atoms with Gasteiger partial charge in [-0.1, -0.05) is 103 Å². The van der Waals surface area contributed by atoms with Gasteiger partial charge in [-0.15, -0.1) is 6.58 Å². The van der Waals surface area contributed by atoms with E-state index >= 15 is 0 Å². The lowest BCUT2D eigenvalue weighted by molar-refractivity contribution is -0.146. The van der Waals surface area contributed by atoms with Gasteiger partial charge in [-0.25, -0.2) is 0 Å². The number of hydrogen-bond donors (Lipinski definition) is 0.